The summed E-state index contributed by atoms with van der Waals surface area (Å²) in [6.07, 6.45) is 6.90. The number of rotatable bonds is 6. The van der Waals surface area contributed by atoms with E-state index in [1.807, 2.05) is 12.3 Å². The summed E-state index contributed by atoms with van der Waals surface area (Å²) in [5.74, 6) is 0.492. The van der Waals surface area contributed by atoms with E-state index in [-0.39, 0.29) is 22.7 Å². The van der Waals surface area contributed by atoms with Crippen LogP contribution in [0.15, 0.2) is 15.0 Å². The molecule has 156 valence electrons. The molecule has 4 rings (SSSR count). The number of piperidine rings is 1. The van der Waals surface area contributed by atoms with E-state index < -0.39 is 0 Å². The second-order valence-corrected chi connectivity index (χ2v) is 9.17. The lowest BCUT2D eigenvalue weighted by molar-refractivity contribution is -0.121. The van der Waals surface area contributed by atoms with E-state index in [0.717, 1.165) is 57.3 Å². The van der Waals surface area contributed by atoms with Crippen molar-refractivity contribution in [3.63, 3.8) is 0 Å². The Kier molecular flexibility index (Phi) is 5.99. The van der Waals surface area contributed by atoms with Gasteiger partial charge in [-0.05, 0) is 57.8 Å². The van der Waals surface area contributed by atoms with E-state index in [4.69, 9.17) is 0 Å². The number of nitrogens with one attached hydrogen (secondary N) is 2. The normalized spacial score (nSPS) is 22.6. The Bertz CT molecular complexity index is 932. The molecule has 1 amide bonds. The summed E-state index contributed by atoms with van der Waals surface area (Å²) in [4.78, 5) is 42.9. The molecular weight excluding hydrogens is 388 g/mol. The number of hydrogen-bond acceptors (Lipinski definition) is 7. The number of aromatic nitrogens is 1. The van der Waals surface area contributed by atoms with Gasteiger partial charge in [0.25, 0.3) is 10.9 Å². The van der Waals surface area contributed by atoms with Gasteiger partial charge < -0.3 is 15.5 Å². The molecule has 1 saturated heterocycles. The van der Waals surface area contributed by atoms with E-state index in [1.54, 1.807) is 0 Å². The zero-order valence-corrected chi connectivity index (χ0v) is 17.6. The molecule has 2 N–H and O–H groups in total. The lowest BCUT2D eigenvalue weighted by Gasteiger charge is -2.32. The van der Waals surface area contributed by atoms with E-state index in [1.165, 1.54) is 17.8 Å². The largest absolute Gasteiger partial charge is 0.380 e. The van der Waals surface area contributed by atoms with Crippen LogP contribution in [-0.2, 0) is 4.79 Å². The molecule has 29 heavy (non-hydrogen) atoms. The van der Waals surface area contributed by atoms with Crippen molar-refractivity contribution in [2.45, 2.75) is 51.9 Å². The number of amides is 1. The van der Waals surface area contributed by atoms with Crippen molar-refractivity contribution in [1.29, 1.82) is 0 Å². The Morgan fingerprint density at radius 1 is 1.14 bits per heavy atom. The van der Waals surface area contributed by atoms with E-state index >= 15 is 0 Å². The van der Waals surface area contributed by atoms with Crippen LogP contribution < -0.4 is 26.4 Å². The Hall–Kier alpha value is -2.22. The van der Waals surface area contributed by atoms with Gasteiger partial charge in [-0.3, -0.25) is 14.4 Å². The lowest BCUT2D eigenvalue weighted by Crippen LogP contribution is -2.45. The van der Waals surface area contributed by atoms with E-state index in [2.05, 4.69) is 20.5 Å². The molecule has 0 spiro atoms. The SMILES string of the molecule is Cc1csc(NC(=O)C2CCC(CNc3c(N4CCCCC4)c(=O)c3=O)CC2)n1. The van der Waals surface area contributed by atoms with Crippen LogP contribution >= 0.6 is 11.3 Å². The minimum absolute atomic E-state index is 0.0190. The molecule has 7 nitrogen and oxygen atoms in total. The fourth-order valence-corrected chi connectivity index (χ4v) is 5.15. The van der Waals surface area contributed by atoms with Crippen LogP contribution in [0.2, 0.25) is 0 Å². The Labute approximate surface area is 174 Å². The zero-order valence-electron chi connectivity index (χ0n) is 16.8. The monoisotopic (exact) mass is 416 g/mol. The fraction of sp³-hybridized carbons (Fsp3) is 0.619. The summed E-state index contributed by atoms with van der Waals surface area (Å²) in [7, 11) is 0. The first-order valence-electron chi connectivity index (χ1n) is 10.6. The predicted molar refractivity (Wildman–Crippen MR) is 117 cm³/mol. The highest BCUT2D eigenvalue weighted by Gasteiger charge is 2.29. The van der Waals surface area contributed by atoms with Crippen molar-refractivity contribution < 1.29 is 4.79 Å². The van der Waals surface area contributed by atoms with Gasteiger partial charge in [0, 0.05) is 30.9 Å². The molecule has 2 aromatic rings. The summed E-state index contributed by atoms with van der Waals surface area (Å²) >= 11 is 1.45. The van der Waals surface area contributed by atoms with Crippen LogP contribution in [0.5, 0.6) is 0 Å². The van der Waals surface area contributed by atoms with Gasteiger partial charge in [0.1, 0.15) is 11.4 Å². The Balaban J connectivity index is 1.26. The van der Waals surface area contributed by atoms with Crippen molar-refractivity contribution in [2.75, 3.05) is 35.2 Å². The Morgan fingerprint density at radius 3 is 2.52 bits per heavy atom. The molecule has 0 unspecified atom stereocenters. The number of carbonyl (C=O) groups excluding carboxylic acids is 1. The fourth-order valence-electron chi connectivity index (χ4n) is 4.46. The van der Waals surface area contributed by atoms with Gasteiger partial charge in [0.2, 0.25) is 5.91 Å². The standard InChI is InChI=1S/C21H28N4O3S/c1-13-12-29-21(23-13)24-20(28)15-7-5-14(6-8-15)11-22-16-17(19(27)18(16)26)25-9-3-2-4-10-25/h12,14-15,22H,2-11H2,1H3,(H,23,24,28). The first kappa shape index (κ1) is 20.1. The van der Waals surface area contributed by atoms with Crippen LogP contribution in [0.4, 0.5) is 16.5 Å². The molecule has 1 saturated carbocycles. The average Bonchev–Trinajstić information content (AvgIpc) is 3.15. The topological polar surface area (TPSA) is 91.4 Å². The van der Waals surface area contributed by atoms with Gasteiger partial charge in [0.15, 0.2) is 5.13 Å². The second kappa shape index (κ2) is 8.65. The van der Waals surface area contributed by atoms with Gasteiger partial charge in [-0.15, -0.1) is 11.3 Å². The molecule has 1 aliphatic heterocycles. The highest BCUT2D eigenvalue weighted by atomic mass is 32.1. The van der Waals surface area contributed by atoms with Gasteiger partial charge in [-0.1, -0.05) is 0 Å². The first-order valence-corrected chi connectivity index (χ1v) is 11.5. The van der Waals surface area contributed by atoms with Gasteiger partial charge in [-0.2, -0.15) is 0 Å². The van der Waals surface area contributed by atoms with E-state index in [0.29, 0.717) is 29.0 Å². The molecule has 1 aromatic carbocycles. The number of aryl methyl sites for hydroxylation is 1. The summed E-state index contributed by atoms with van der Waals surface area (Å²) in [5.41, 5.74) is 1.31. The van der Waals surface area contributed by atoms with Crippen LogP contribution in [0.1, 0.15) is 50.6 Å². The number of hydrogen-bond donors (Lipinski definition) is 2. The molecule has 0 atom stereocenters. The first-order chi connectivity index (χ1) is 14.0. The van der Waals surface area contributed by atoms with Crippen LogP contribution in [-0.4, -0.2) is 30.5 Å². The van der Waals surface area contributed by atoms with Crippen LogP contribution in [0.3, 0.4) is 0 Å². The second-order valence-electron chi connectivity index (χ2n) is 8.31. The van der Waals surface area contributed by atoms with Crippen molar-refractivity contribution in [1.82, 2.24) is 4.98 Å². The quantitative estimate of drug-likeness (QED) is 0.704. The molecule has 2 heterocycles. The molecule has 0 radical (unpaired) electrons. The van der Waals surface area contributed by atoms with Gasteiger partial charge >= 0.3 is 0 Å². The maximum absolute atomic E-state index is 12.4. The van der Waals surface area contributed by atoms with E-state index in [9.17, 15) is 14.4 Å². The zero-order chi connectivity index (χ0) is 20.4. The van der Waals surface area contributed by atoms with Gasteiger partial charge in [-0.25, -0.2) is 4.98 Å². The smallest absolute Gasteiger partial charge is 0.253 e. The van der Waals surface area contributed by atoms with Crippen molar-refractivity contribution >= 4 is 33.8 Å². The maximum atomic E-state index is 12.4. The molecule has 8 heteroatoms. The number of thiazole rings is 1. The lowest BCUT2D eigenvalue weighted by atomic mass is 9.81. The van der Waals surface area contributed by atoms with Crippen molar-refractivity contribution in [2.24, 2.45) is 11.8 Å². The molecule has 2 fully saturated rings. The Morgan fingerprint density at radius 2 is 1.86 bits per heavy atom. The van der Waals surface area contributed by atoms with Crippen LogP contribution in [0.25, 0.3) is 0 Å². The summed E-state index contributed by atoms with van der Waals surface area (Å²) in [6, 6.07) is 0. The minimum atomic E-state index is -0.377. The molecule has 0 bridgehead atoms. The summed E-state index contributed by atoms with van der Waals surface area (Å²) < 4.78 is 0. The predicted octanol–water partition coefficient (Wildman–Crippen LogP) is 2.89. The number of anilines is 3. The van der Waals surface area contributed by atoms with Crippen molar-refractivity contribution in [3.05, 3.63) is 31.5 Å². The van der Waals surface area contributed by atoms with Crippen LogP contribution in [0, 0.1) is 18.8 Å². The van der Waals surface area contributed by atoms with Crippen molar-refractivity contribution in [3.8, 4) is 0 Å². The molecule has 2 aliphatic rings. The minimum Gasteiger partial charge on any atom is -0.380 e. The number of carbonyl (C=O) groups is 1. The summed E-state index contributed by atoms with van der Waals surface area (Å²) in [6.45, 7) is 4.32. The third-order valence-corrected chi connectivity index (χ3v) is 7.07. The third-order valence-electron chi connectivity index (χ3n) is 6.19. The molecule has 1 aromatic heterocycles. The molecule has 1 aliphatic carbocycles. The highest BCUT2D eigenvalue weighted by Crippen LogP contribution is 2.31. The third kappa shape index (κ3) is 4.37. The summed E-state index contributed by atoms with van der Waals surface area (Å²) in [5, 5.41) is 8.78. The highest BCUT2D eigenvalue weighted by molar-refractivity contribution is 7.13. The average molecular weight is 417 g/mol. The number of nitrogens with zero attached hydrogens (tertiary/aromatic N) is 2. The van der Waals surface area contributed by atoms with Gasteiger partial charge in [0.05, 0.1) is 5.69 Å². The molecular formula is C21H28N4O3S. The maximum Gasteiger partial charge on any atom is 0.253 e.